The number of nitrogens with two attached hydrogens (primary N) is 1. The zero-order valence-corrected chi connectivity index (χ0v) is 18.4. The molecule has 0 aromatic heterocycles. The Kier molecular flexibility index (Phi) is 8.34. The van der Waals surface area contributed by atoms with E-state index in [-0.39, 0.29) is 40.6 Å². The molecule has 178 valence electrons. The van der Waals surface area contributed by atoms with Gasteiger partial charge in [-0.2, -0.15) is 13.2 Å². The van der Waals surface area contributed by atoms with Gasteiger partial charge in [-0.1, -0.05) is 35.3 Å². The van der Waals surface area contributed by atoms with Gasteiger partial charge < -0.3 is 21.3 Å². The molecule has 0 radical (unpaired) electrons. The summed E-state index contributed by atoms with van der Waals surface area (Å²) < 4.78 is 38.2. The van der Waals surface area contributed by atoms with Crippen LogP contribution in [-0.2, 0) is 17.9 Å². The lowest BCUT2D eigenvalue weighted by molar-refractivity contribution is -0.192. The number of nitrogens with one attached hydrogen (secondary N) is 1. The molecule has 7 nitrogen and oxygen atoms in total. The summed E-state index contributed by atoms with van der Waals surface area (Å²) in [5, 5.41) is 20.0. The van der Waals surface area contributed by atoms with Gasteiger partial charge in [-0.25, -0.2) is 9.59 Å². The summed E-state index contributed by atoms with van der Waals surface area (Å²) in [6.07, 6.45) is -5.00. The molecule has 5 N–H and O–H groups in total. The van der Waals surface area contributed by atoms with Crippen LogP contribution in [0.4, 0.5) is 13.2 Å². The molecule has 12 heteroatoms. The molecule has 0 aliphatic heterocycles. The van der Waals surface area contributed by atoms with Crippen LogP contribution < -0.4 is 11.1 Å². The Bertz CT molecular complexity index is 1070. The van der Waals surface area contributed by atoms with Gasteiger partial charge in [0.25, 0.3) is 0 Å². The third-order valence-electron chi connectivity index (χ3n) is 4.94. The number of amides is 1. The summed E-state index contributed by atoms with van der Waals surface area (Å²) >= 11 is 11.3. The van der Waals surface area contributed by atoms with Crippen LogP contribution in [0.2, 0.25) is 10.0 Å². The monoisotopic (exact) mass is 506 g/mol. The van der Waals surface area contributed by atoms with Crippen molar-refractivity contribution in [1.82, 2.24) is 5.32 Å². The Labute approximate surface area is 196 Å². The van der Waals surface area contributed by atoms with Crippen molar-refractivity contribution in [3.8, 4) is 0 Å². The minimum atomic E-state index is -4.57. The first-order chi connectivity index (χ1) is 15.3. The average Bonchev–Trinajstić information content (AvgIpc) is 3.55. The highest BCUT2D eigenvalue weighted by molar-refractivity contribution is 6.33. The van der Waals surface area contributed by atoms with E-state index in [0.717, 1.165) is 5.56 Å². The van der Waals surface area contributed by atoms with E-state index in [1.807, 2.05) is 0 Å². The SMILES string of the molecule is NCc1ccc(Cl)c(C(=O)O)c1.O=C(O)c1cc(CNC(=O)C2(C(F)(F)F)CC2)ccc1Cl. The number of hydrogen-bond donors (Lipinski definition) is 4. The number of carbonyl (C=O) groups excluding carboxylic acids is 1. The van der Waals surface area contributed by atoms with Crippen LogP contribution >= 0.6 is 23.2 Å². The molecule has 33 heavy (non-hydrogen) atoms. The van der Waals surface area contributed by atoms with E-state index in [9.17, 15) is 27.6 Å². The fraction of sp³-hybridized carbons (Fsp3) is 0.286. The van der Waals surface area contributed by atoms with Gasteiger partial charge in [-0.3, -0.25) is 4.79 Å². The van der Waals surface area contributed by atoms with E-state index in [4.69, 9.17) is 39.1 Å². The van der Waals surface area contributed by atoms with Crippen molar-refractivity contribution in [2.45, 2.75) is 32.1 Å². The fourth-order valence-electron chi connectivity index (χ4n) is 2.83. The molecule has 0 atom stereocenters. The van der Waals surface area contributed by atoms with E-state index in [1.165, 1.54) is 30.3 Å². The standard InChI is InChI=1S/C13H11ClF3NO3.C8H8ClNO2/c14-9-2-1-7(5-8(9)10(19)20)6-18-11(21)12(3-4-12)13(15,16)17;9-7-2-1-5(4-10)3-6(7)8(11)12/h1-2,5H,3-4,6H2,(H,18,21)(H,19,20);1-3H,4,10H2,(H,11,12). The van der Waals surface area contributed by atoms with E-state index in [2.05, 4.69) is 5.32 Å². The Morgan fingerprint density at radius 1 is 0.939 bits per heavy atom. The van der Waals surface area contributed by atoms with Crippen LogP contribution in [0, 0.1) is 5.41 Å². The van der Waals surface area contributed by atoms with Crippen LogP contribution in [0.15, 0.2) is 36.4 Å². The molecule has 2 aromatic carbocycles. The van der Waals surface area contributed by atoms with Crippen LogP contribution in [0.1, 0.15) is 44.7 Å². The van der Waals surface area contributed by atoms with Crippen molar-refractivity contribution in [1.29, 1.82) is 0 Å². The maximum Gasteiger partial charge on any atom is 0.403 e. The molecule has 1 aliphatic rings. The van der Waals surface area contributed by atoms with Crippen LogP contribution in [0.3, 0.4) is 0 Å². The van der Waals surface area contributed by atoms with Gasteiger partial charge in [0.15, 0.2) is 0 Å². The Morgan fingerprint density at radius 2 is 1.39 bits per heavy atom. The first-order valence-electron chi connectivity index (χ1n) is 9.41. The Morgan fingerprint density at radius 3 is 1.79 bits per heavy atom. The molecule has 0 spiro atoms. The maximum atomic E-state index is 12.7. The number of carboxylic acid groups (broad SMARTS) is 2. The van der Waals surface area contributed by atoms with Crippen molar-refractivity contribution in [2.24, 2.45) is 11.1 Å². The predicted molar refractivity (Wildman–Crippen MR) is 114 cm³/mol. The normalized spacial score (nSPS) is 14.0. The fourth-order valence-corrected chi connectivity index (χ4v) is 3.22. The first-order valence-corrected chi connectivity index (χ1v) is 10.2. The summed E-state index contributed by atoms with van der Waals surface area (Å²) in [7, 11) is 0. The predicted octanol–water partition coefficient (Wildman–Crippen LogP) is 4.49. The summed E-state index contributed by atoms with van der Waals surface area (Å²) in [6, 6.07) is 8.70. The van der Waals surface area contributed by atoms with E-state index in [0.29, 0.717) is 12.1 Å². The van der Waals surface area contributed by atoms with Gasteiger partial charge >= 0.3 is 18.1 Å². The number of rotatable bonds is 6. The van der Waals surface area contributed by atoms with Gasteiger partial charge in [0.05, 0.1) is 21.2 Å². The van der Waals surface area contributed by atoms with Crippen molar-refractivity contribution >= 4 is 41.0 Å². The topological polar surface area (TPSA) is 130 Å². The van der Waals surface area contributed by atoms with Crippen LogP contribution in [0.25, 0.3) is 0 Å². The largest absolute Gasteiger partial charge is 0.478 e. The van der Waals surface area contributed by atoms with E-state index < -0.39 is 29.4 Å². The van der Waals surface area contributed by atoms with E-state index in [1.54, 1.807) is 6.07 Å². The number of aromatic carboxylic acids is 2. The van der Waals surface area contributed by atoms with Gasteiger partial charge in [0.2, 0.25) is 5.91 Å². The highest BCUT2D eigenvalue weighted by Gasteiger charge is 2.68. The smallest absolute Gasteiger partial charge is 0.403 e. The summed E-state index contributed by atoms with van der Waals surface area (Å²) in [5.74, 6) is -3.36. The Balaban J connectivity index is 0.000000273. The number of alkyl halides is 3. The molecule has 0 saturated heterocycles. The van der Waals surface area contributed by atoms with E-state index >= 15 is 0 Å². The lowest BCUT2D eigenvalue weighted by atomic mass is 10.1. The number of benzene rings is 2. The number of hydrogen-bond acceptors (Lipinski definition) is 4. The summed E-state index contributed by atoms with van der Waals surface area (Å²) in [5.41, 5.74) is 4.11. The van der Waals surface area contributed by atoms with Crippen molar-refractivity contribution in [3.05, 3.63) is 68.7 Å². The molecule has 1 amide bonds. The van der Waals surface area contributed by atoms with Crippen molar-refractivity contribution in [2.75, 3.05) is 0 Å². The quantitative estimate of drug-likeness (QED) is 0.456. The second kappa shape index (κ2) is 10.4. The Hall–Kier alpha value is -2.82. The molecule has 1 aliphatic carbocycles. The number of carboxylic acids is 2. The average molecular weight is 507 g/mol. The van der Waals surface area contributed by atoms with Crippen molar-refractivity contribution in [3.63, 3.8) is 0 Å². The summed E-state index contributed by atoms with van der Waals surface area (Å²) in [4.78, 5) is 33.1. The van der Waals surface area contributed by atoms with Crippen molar-refractivity contribution < 1.29 is 37.8 Å². The maximum absolute atomic E-state index is 12.7. The van der Waals surface area contributed by atoms with Crippen LogP contribution in [0.5, 0.6) is 0 Å². The molecule has 2 aromatic rings. The minimum Gasteiger partial charge on any atom is -0.478 e. The molecule has 0 unspecified atom stereocenters. The molecule has 1 saturated carbocycles. The zero-order valence-electron chi connectivity index (χ0n) is 16.9. The van der Waals surface area contributed by atoms with Gasteiger partial charge in [-0.05, 0) is 48.2 Å². The number of halogens is 5. The van der Waals surface area contributed by atoms with Gasteiger partial charge in [0.1, 0.15) is 5.41 Å². The molecule has 0 bridgehead atoms. The third-order valence-corrected chi connectivity index (χ3v) is 5.60. The molecular weight excluding hydrogens is 488 g/mol. The molecule has 3 rings (SSSR count). The van der Waals surface area contributed by atoms with Crippen LogP contribution in [-0.4, -0.2) is 34.2 Å². The molecular formula is C21H19Cl2F3N2O5. The van der Waals surface area contributed by atoms with Gasteiger partial charge in [0, 0.05) is 13.1 Å². The third kappa shape index (κ3) is 6.37. The van der Waals surface area contributed by atoms with Gasteiger partial charge in [-0.15, -0.1) is 0 Å². The molecule has 0 heterocycles. The lowest BCUT2D eigenvalue weighted by Crippen LogP contribution is -2.40. The summed E-state index contributed by atoms with van der Waals surface area (Å²) in [6.45, 7) is 0.131. The molecule has 1 fully saturated rings. The second-order valence-corrected chi connectivity index (χ2v) is 8.02. The number of carbonyl (C=O) groups is 3. The minimum absolute atomic E-state index is 0.0199. The lowest BCUT2D eigenvalue weighted by Gasteiger charge is -2.18. The second-order valence-electron chi connectivity index (χ2n) is 7.21. The zero-order chi connectivity index (χ0) is 25.0. The highest BCUT2D eigenvalue weighted by Crippen LogP contribution is 2.57. The highest BCUT2D eigenvalue weighted by atomic mass is 35.5. The first kappa shape index (κ1) is 26.4.